The van der Waals surface area contributed by atoms with E-state index in [0.717, 1.165) is 22.4 Å². The van der Waals surface area contributed by atoms with E-state index in [1.807, 2.05) is 48.5 Å². The molecule has 0 aliphatic heterocycles. The first-order chi connectivity index (χ1) is 16.2. The lowest BCUT2D eigenvalue weighted by Crippen LogP contribution is -2.48. The van der Waals surface area contributed by atoms with Crippen LogP contribution in [-0.2, 0) is 17.6 Å². The summed E-state index contributed by atoms with van der Waals surface area (Å²) in [5.41, 5.74) is 9.26. The van der Waals surface area contributed by atoms with Crippen LogP contribution in [0.2, 0.25) is 0 Å². The van der Waals surface area contributed by atoms with Crippen LogP contribution in [-0.4, -0.2) is 40.0 Å². The van der Waals surface area contributed by atoms with Gasteiger partial charge in [0.15, 0.2) is 0 Å². The zero-order chi connectivity index (χ0) is 24.6. The zero-order valence-corrected chi connectivity index (χ0v) is 20.1. The van der Waals surface area contributed by atoms with Crippen molar-refractivity contribution in [3.63, 3.8) is 0 Å². The van der Waals surface area contributed by atoms with Gasteiger partial charge in [-0.15, -0.1) is 0 Å². The quantitative estimate of drug-likeness (QED) is 0.413. The number of aromatic nitrogens is 1. The molecule has 1 aromatic heterocycles. The molecule has 0 spiro atoms. The summed E-state index contributed by atoms with van der Waals surface area (Å²) in [7, 11) is 0. The van der Waals surface area contributed by atoms with E-state index < -0.39 is 18.3 Å². The van der Waals surface area contributed by atoms with Gasteiger partial charge in [-0.2, -0.15) is 0 Å². The van der Waals surface area contributed by atoms with Crippen LogP contribution in [0.3, 0.4) is 0 Å². The van der Waals surface area contributed by atoms with Crippen molar-refractivity contribution >= 4 is 6.09 Å². The van der Waals surface area contributed by atoms with Gasteiger partial charge in [0.2, 0.25) is 0 Å². The number of amides is 1. The summed E-state index contributed by atoms with van der Waals surface area (Å²) >= 11 is 0. The van der Waals surface area contributed by atoms with Crippen molar-refractivity contribution < 1.29 is 14.6 Å². The molecule has 34 heavy (non-hydrogen) atoms. The molecule has 6 heteroatoms. The maximum Gasteiger partial charge on any atom is 0.404 e. The lowest BCUT2D eigenvalue weighted by atomic mass is 9.93. The van der Waals surface area contributed by atoms with Crippen LogP contribution >= 0.6 is 0 Å². The summed E-state index contributed by atoms with van der Waals surface area (Å²) in [5, 5.41) is 14.7. The molecule has 4 N–H and O–H groups in total. The molecule has 3 aromatic rings. The number of rotatable bonds is 10. The van der Waals surface area contributed by atoms with E-state index in [-0.39, 0.29) is 11.6 Å². The zero-order valence-electron chi connectivity index (χ0n) is 20.1. The molecule has 1 heterocycles. The van der Waals surface area contributed by atoms with Gasteiger partial charge in [-0.1, -0.05) is 60.7 Å². The lowest BCUT2D eigenvalue weighted by Gasteiger charge is -2.32. The van der Waals surface area contributed by atoms with Gasteiger partial charge < -0.3 is 20.9 Å². The minimum atomic E-state index is -0.884. The van der Waals surface area contributed by atoms with Gasteiger partial charge in [-0.3, -0.25) is 4.98 Å². The number of hydrogen-bond acceptors (Lipinski definition) is 5. The van der Waals surface area contributed by atoms with Crippen LogP contribution in [0.4, 0.5) is 4.79 Å². The molecule has 0 saturated carbocycles. The number of primary amides is 1. The predicted molar refractivity (Wildman–Crippen MR) is 135 cm³/mol. The summed E-state index contributed by atoms with van der Waals surface area (Å²) in [6.45, 7) is 6.29. The van der Waals surface area contributed by atoms with Crippen molar-refractivity contribution in [3.8, 4) is 11.3 Å². The molecular weight excluding hydrogens is 426 g/mol. The second-order valence-electron chi connectivity index (χ2n) is 9.68. The van der Waals surface area contributed by atoms with Crippen molar-refractivity contribution in [2.45, 2.75) is 63.8 Å². The molecule has 1 amide bonds. The molecule has 3 unspecified atom stereocenters. The minimum absolute atomic E-state index is 0.0366. The Balaban J connectivity index is 1.73. The van der Waals surface area contributed by atoms with Crippen LogP contribution in [0.1, 0.15) is 38.3 Å². The van der Waals surface area contributed by atoms with E-state index in [2.05, 4.69) is 55.3 Å². The van der Waals surface area contributed by atoms with Gasteiger partial charge in [0.25, 0.3) is 0 Å². The monoisotopic (exact) mass is 461 g/mol. The van der Waals surface area contributed by atoms with Gasteiger partial charge in [-0.25, -0.2) is 4.79 Å². The number of benzene rings is 2. The molecule has 0 fully saturated rings. The van der Waals surface area contributed by atoms with Gasteiger partial charge in [-0.05, 0) is 56.9 Å². The molecule has 0 saturated heterocycles. The highest BCUT2D eigenvalue weighted by Crippen LogP contribution is 2.21. The number of nitrogens with one attached hydrogen (secondary N) is 1. The van der Waals surface area contributed by atoms with Crippen LogP contribution < -0.4 is 11.1 Å². The normalized spacial score (nSPS) is 14.2. The molecule has 3 rings (SSSR count). The van der Waals surface area contributed by atoms with Crippen molar-refractivity contribution in [2.24, 2.45) is 5.73 Å². The molecule has 0 bridgehead atoms. The number of aliphatic hydroxyl groups is 1. The Morgan fingerprint density at radius 3 is 2.21 bits per heavy atom. The van der Waals surface area contributed by atoms with Crippen molar-refractivity contribution in [2.75, 3.05) is 0 Å². The first-order valence-corrected chi connectivity index (χ1v) is 11.7. The van der Waals surface area contributed by atoms with E-state index in [1.54, 1.807) is 6.20 Å². The average Bonchev–Trinajstić information content (AvgIpc) is 2.79. The largest absolute Gasteiger partial charge is 0.443 e. The first kappa shape index (κ1) is 25.4. The van der Waals surface area contributed by atoms with Gasteiger partial charge in [0.1, 0.15) is 6.10 Å². The van der Waals surface area contributed by atoms with E-state index in [4.69, 9.17) is 10.5 Å². The third-order valence-corrected chi connectivity index (χ3v) is 5.54. The van der Waals surface area contributed by atoms with E-state index in [9.17, 15) is 9.90 Å². The number of pyridine rings is 1. The Kier molecular flexibility index (Phi) is 8.79. The Morgan fingerprint density at radius 2 is 1.62 bits per heavy atom. The summed E-state index contributed by atoms with van der Waals surface area (Å²) < 4.78 is 5.32. The Hall–Kier alpha value is -3.22. The first-order valence-electron chi connectivity index (χ1n) is 11.7. The standard InChI is InChI=1S/C28H35N3O3/c1-28(2,3)31-23(17-21-12-14-22(15-13-21)24-11-7-8-16-30-24)19-25(32)26(34-27(29)33)18-20-9-5-4-6-10-20/h4-16,23,25-26,31-32H,17-19H2,1-3H3,(H2,29,33). The number of hydrogen-bond donors (Lipinski definition) is 3. The number of nitrogens with zero attached hydrogens (tertiary/aromatic N) is 1. The Morgan fingerprint density at radius 1 is 0.971 bits per heavy atom. The highest BCUT2D eigenvalue weighted by Gasteiger charge is 2.28. The van der Waals surface area contributed by atoms with E-state index >= 15 is 0 Å². The smallest absolute Gasteiger partial charge is 0.404 e. The highest BCUT2D eigenvalue weighted by atomic mass is 16.6. The van der Waals surface area contributed by atoms with Crippen LogP contribution in [0, 0.1) is 0 Å². The number of carbonyl (C=O) groups excluding carboxylic acids is 1. The van der Waals surface area contributed by atoms with Crippen molar-refractivity contribution in [3.05, 3.63) is 90.1 Å². The van der Waals surface area contributed by atoms with Crippen molar-refractivity contribution in [1.82, 2.24) is 10.3 Å². The maximum absolute atomic E-state index is 11.5. The van der Waals surface area contributed by atoms with Crippen LogP contribution in [0.5, 0.6) is 0 Å². The Labute approximate surface area is 202 Å². The maximum atomic E-state index is 11.5. The number of nitrogens with two attached hydrogens (primary N) is 1. The highest BCUT2D eigenvalue weighted by molar-refractivity contribution is 5.65. The Bertz CT molecular complexity index is 1020. The molecule has 6 nitrogen and oxygen atoms in total. The third-order valence-electron chi connectivity index (χ3n) is 5.54. The molecule has 0 aliphatic rings. The van der Waals surface area contributed by atoms with Gasteiger partial charge in [0, 0.05) is 29.8 Å². The number of aliphatic hydroxyl groups excluding tert-OH is 1. The number of ether oxygens (including phenoxy) is 1. The molecular formula is C28H35N3O3. The fraction of sp³-hybridized carbons (Fsp3) is 0.357. The summed E-state index contributed by atoms with van der Waals surface area (Å²) in [6, 6.07) is 23.8. The minimum Gasteiger partial charge on any atom is -0.443 e. The summed E-state index contributed by atoms with van der Waals surface area (Å²) in [6.07, 6.45) is 0.816. The molecule has 0 radical (unpaired) electrons. The predicted octanol–water partition coefficient (Wildman–Crippen LogP) is 4.51. The van der Waals surface area contributed by atoms with Gasteiger partial charge in [0.05, 0.1) is 11.8 Å². The van der Waals surface area contributed by atoms with Gasteiger partial charge >= 0.3 is 6.09 Å². The molecule has 180 valence electrons. The molecule has 3 atom stereocenters. The van der Waals surface area contributed by atoms with E-state index in [1.165, 1.54) is 0 Å². The lowest BCUT2D eigenvalue weighted by molar-refractivity contribution is -0.00340. The average molecular weight is 462 g/mol. The second kappa shape index (κ2) is 11.8. The summed E-state index contributed by atoms with van der Waals surface area (Å²) in [4.78, 5) is 15.9. The van der Waals surface area contributed by atoms with Crippen molar-refractivity contribution in [1.29, 1.82) is 0 Å². The molecule has 2 aromatic carbocycles. The van der Waals surface area contributed by atoms with Crippen LogP contribution in [0.25, 0.3) is 11.3 Å². The number of carbonyl (C=O) groups is 1. The third kappa shape index (κ3) is 8.28. The SMILES string of the molecule is CC(C)(C)NC(Cc1ccc(-c2ccccn2)cc1)CC(O)C(Cc1ccccc1)OC(N)=O. The summed E-state index contributed by atoms with van der Waals surface area (Å²) in [5.74, 6) is 0. The second-order valence-corrected chi connectivity index (χ2v) is 9.68. The topological polar surface area (TPSA) is 97.5 Å². The fourth-order valence-electron chi connectivity index (χ4n) is 4.13. The fourth-order valence-corrected chi connectivity index (χ4v) is 4.13. The van der Waals surface area contributed by atoms with Crippen LogP contribution in [0.15, 0.2) is 79.0 Å². The van der Waals surface area contributed by atoms with E-state index in [0.29, 0.717) is 19.3 Å². The molecule has 0 aliphatic carbocycles.